The van der Waals surface area contributed by atoms with Gasteiger partial charge in [-0.1, -0.05) is 4.98 Å². The van der Waals surface area contributed by atoms with Gasteiger partial charge in [-0.3, -0.25) is 4.98 Å². The van der Waals surface area contributed by atoms with Crippen molar-refractivity contribution in [3.8, 4) is 0 Å². The lowest BCUT2D eigenvalue weighted by atomic mass is 10.4. The second kappa shape index (κ2) is 4.51. The van der Waals surface area contributed by atoms with Crippen molar-refractivity contribution in [2.24, 2.45) is 0 Å². The van der Waals surface area contributed by atoms with Gasteiger partial charge in [0.25, 0.3) is 0 Å². The summed E-state index contributed by atoms with van der Waals surface area (Å²) in [5.74, 6) is 0.225. The van der Waals surface area contributed by atoms with Gasteiger partial charge in [-0.2, -0.15) is 4.68 Å². The van der Waals surface area contributed by atoms with Crippen LogP contribution >= 0.6 is 0 Å². The first-order chi connectivity index (χ1) is 8.19. The molecule has 0 unspecified atom stereocenters. The molecule has 0 bridgehead atoms. The van der Waals surface area contributed by atoms with Gasteiger partial charge in [0, 0.05) is 12.1 Å². The summed E-state index contributed by atoms with van der Waals surface area (Å²) in [6, 6.07) is 0. The highest BCUT2D eigenvalue weighted by Crippen LogP contribution is 2.04. The van der Waals surface area contributed by atoms with Crippen molar-refractivity contribution in [2.45, 2.75) is 6.54 Å². The number of hydrogen-bond donors (Lipinski definition) is 1. The van der Waals surface area contributed by atoms with Gasteiger partial charge in [-0.15, -0.1) is 0 Å². The van der Waals surface area contributed by atoms with E-state index >= 15 is 0 Å². The Morgan fingerprint density at radius 1 is 1.41 bits per heavy atom. The average Bonchev–Trinajstić information content (AvgIpc) is 2.79. The predicted molar refractivity (Wildman–Crippen MR) is 57.4 cm³/mol. The van der Waals surface area contributed by atoms with Crippen LogP contribution in [-0.4, -0.2) is 36.7 Å². The molecule has 0 aliphatic rings. The average molecular weight is 235 g/mol. The SMILES string of the molecule is CNc1cnc(Cn2cnc([N+](=O)[O-])n2)cn1. The molecule has 2 aromatic heterocycles. The fourth-order valence-electron chi connectivity index (χ4n) is 1.18. The van der Waals surface area contributed by atoms with Gasteiger partial charge in [0.2, 0.25) is 6.33 Å². The molecule has 0 saturated carbocycles. The zero-order chi connectivity index (χ0) is 12.3. The first kappa shape index (κ1) is 10.9. The molecule has 0 aliphatic heterocycles. The molecule has 2 aromatic rings. The first-order valence-electron chi connectivity index (χ1n) is 4.71. The van der Waals surface area contributed by atoms with Crippen LogP contribution in [0.2, 0.25) is 0 Å². The van der Waals surface area contributed by atoms with E-state index in [2.05, 4.69) is 25.4 Å². The van der Waals surface area contributed by atoms with Gasteiger partial charge in [-0.05, 0) is 4.92 Å². The quantitative estimate of drug-likeness (QED) is 0.589. The van der Waals surface area contributed by atoms with Crippen molar-refractivity contribution in [1.82, 2.24) is 24.7 Å². The lowest BCUT2D eigenvalue weighted by Gasteiger charge is -1.99. The number of rotatable bonds is 4. The van der Waals surface area contributed by atoms with E-state index in [0.717, 1.165) is 0 Å². The molecule has 9 heteroatoms. The van der Waals surface area contributed by atoms with E-state index < -0.39 is 10.9 Å². The number of anilines is 1. The summed E-state index contributed by atoms with van der Waals surface area (Å²) in [5.41, 5.74) is 0.642. The minimum atomic E-state index is -0.647. The molecule has 0 spiro atoms. The third kappa shape index (κ3) is 2.51. The highest BCUT2D eigenvalue weighted by Gasteiger charge is 2.13. The van der Waals surface area contributed by atoms with Crippen molar-refractivity contribution in [3.05, 3.63) is 34.5 Å². The van der Waals surface area contributed by atoms with Crippen molar-refractivity contribution < 1.29 is 4.92 Å². The Morgan fingerprint density at radius 2 is 2.24 bits per heavy atom. The molecule has 88 valence electrons. The van der Waals surface area contributed by atoms with E-state index in [-0.39, 0.29) is 6.54 Å². The Hall–Kier alpha value is -2.58. The molecule has 2 heterocycles. The van der Waals surface area contributed by atoms with E-state index in [1.807, 2.05) is 0 Å². The largest absolute Gasteiger partial charge is 0.490 e. The lowest BCUT2D eigenvalue weighted by Crippen LogP contribution is -2.04. The van der Waals surface area contributed by atoms with Crippen LogP contribution < -0.4 is 5.32 Å². The van der Waals surface area contributed by atoms with Crippen molar-refractivity contribution in [1.29, 1.82) is 0 Å². The first-order valence-corrected chi connectivity index (χ1v) is 4.71. The minimum Gasteiger partial charge on any atom is -0.390 e. The Kier molecular flexibility index (Phi) is 2.90. The van der Waals surface area contributed by atoms with Gasteiger partial charge in [0.05, 0.1) is 18.1 Å². The zero-order valence-electron chi connectivity index (χ0n) is 8.94. The fraction of sp³-hybridized carbons (Fsp3) is 0.250. The molecule has 2 rings (SSSR count). The second-order valence-corrected chi connectivity index (χ2v) is 3.14. The molecule has 0 radical (unpaired) electrons. The molecule has 0 saturated heterocycles. The van der Waals surface area contributed by atoms with Crippen molar-refractivity contribution in [2.75, 3.05) is 12.4 Å². The van der Waals surface area contributed by atoms with E-state index in [0.29, 0.717) is 11.5 Å². The molecule has 9 nitrogen and oxygen atoms in total. The fourth-order valence-corrected chi connectivity index (χ4v) is 1.18. The topological polar surface area (TPSA) is 112 Å². The van der Waals surface area contributed by atoms with Crippen LogP contribution in [0.5, 0.6) is 0 Å². The molecule has 17 heavy (non-hydrogen) atoms. The molecule has 0 amide bonds. The number of nitro groups is 1. The second-order valence-electron chi connectivity index (χ2n) is 3.14. The number of aromatic nitrogens is 5. The summed E-state index contributed by atoms with van der Waals surface area (Å²) >= 11 is 0. The molecule has 0 atom stereocenters. The van der Waals surface area contributed by atoms with Gasteiger partial charge in [-0.25, -0.2) is 4.98 Å². The summed E-state index contributed by atoms with van der Waals surface area (Å²) in [6.07, 6.45) is 4.42. The predicted octanol–water partition coefficient (Wildman–Crippen LogP) is 0.0663. The van der Waals surface area contributed by atoms with Crippen LogP contribution in [0.25, 0.3) is 0 Å². The smallest absolute Gasteiger partial charge is 0.390 e. The maximum Gasteiger partial charge on any atom is 0.490 e. The van der Waals surface area contributed by atoms with Crippen LogP contribution in [0.4, 0.5) is 11.8 Å². The monoisotopic (exact) mass is 235 g/mol. The Morgan fingerprint density at radius 3 is 2.76 bits per heavy atom. The van der Waals surface area contributed by atoms with Crippen molar-refractivity contribution >= 4 is 11.8 Å². The summed E-state index contributed by atoms with van der Waals surface area (Å²) in [5, 5.41) is 16.9. The Balaban J connectivity index is 2.11. The lowest BCUT2D eigenvalue weighted by molar-refractivity contribution is -0.394. The van der Waals surface area contributed by atoms with Crippen LogP contribution in [0.15, 0.2) is 18.7 Å². The van der Waals surface area contributed by atoms with E-state index in [1.165, 1.54) is 11.0 Å². The van der Waals surface area contributed by atoms with E-state index in [4.69, 9.17) is 0 Å². The zero-order valence-corrected chi connectivity index (χ0v) is 8.94. The van der Waals surface area contributed by atoms with Gasteiger partial charge in [0.15, 0.2) is 0 Å². The van der Waals surface area contributed by atoms with Crippen molar-refractivity contribution in [3.63, 3.8) is 0 Å². The molecular weight excluding hydrogens is 226 g/mol. The van der Waals surface area contributed by atoms with E-state index in [1.54, 1.807) is 19.4 Å². The maximum absolute atomic E-state index is 10.4. The number of nitrogens with one attached hydrogen (secondary N) is 1. The third-order valence-corrected chi connectivity index (χ3v) is 1.97. The number of hydrogen-bond acceptors (Lipinski definition) is 7. The summed E-state index contributed by atoms with van der Waals surface area (Å²) in [4.78, 5) is 21.5. The molecular formula is C8H9N7O2. The highest BCUT2D eigenvalue weighted by atomic mass is 16.6. The van der Waals surface area contributed by atoms with Gasteiger partial charge in [0.1, 0.15) is 12.4 Å². The standard InChI is InChI=1S/C8H9N7O2/c1-9-7-3-10-6(2-11-7)4-14-5-12-8(13-14)15(16)17/h2-3,5H,4H2,1H3,(H,9,11). The third-order valence-electron chi connectivity index (χ3n) is 1.97. The van der Waals surface area contributed by atoms with Crippen LogP contribution in [0.3, 0.4) is 0 Å². The molecule has 0 aromatic carbocycles. The summed E-state index contributed by atoms with van der Waals surface area (Å²) < 4.78 is 1.33. The Bertz CT molecular complexity index is 521. The molecule has 1 N–H and O–H groups in total. The maximum atomic E-state index is 10.4. The number of nitrogens with zero attached hydrogens (tertiary/aromatic N) is 6. The Labute approximate surface area is 95.7 Å². The summed E-state index contributed by atoms with van der Waals surface area (Å²) in [7, 11) is 1.74. The van der Waals surface area contributed by atoms with Crippen LogP contribution in [-0.2, 0) is 6.54 Å². The normalized spacial score (nSPS) is 10.2. The van der Waals surface area contributed by atoms with Crippen LogP contribution in [0.1, 0.15) is 5.69 Å². The molecule has 0 aliphatic carbocycles. The molecule has 0 fully saturated rings. The minimum absolute atomic E-state index is 0.290. The van der Waals surface area contributed by atoms with Gasteiger partial charge < -0.3 is 15.4 Å². The van der Waals surface area contributed by atoms with Gasteiger partial charge >= 0.3 is 5.95 Å². The van der Waals surface area contributed by atoms with E-state index in [9.17, 15) is 10.1 Å². The highest BCUT2D eigenvalue weighted by molar-refractivity contribution is 5.29. The van der Waals surface area contributed by atoms with Crippen LogP contribution in [0, 0.1) is 10.1 Å². The summed E-state index contributed by atoms with van der Waals surface area (Å²) in [6.45, 7) is 0.290.